The van der Waals surface area contributed by atoms with Crippen LogP contribution in [-0.2, 0) is 11.3 Å². The molecule has 2 N–H and O–H groups in total. The highest BCUT2D eigenvalue weighted by atomic mass is 16.2. The number of hydrogen-bond donors (Lipinski definition) is 2. The van der Waals surface area contributed by atoms with Gasteiger partial charge in [-0.25, -0.2) is 4.68 Å². The first-order valence-corrected chi connectivity index (χ1v) is 7.26. The van der Waals surface area contributed by atoms with Crippen molar-refractivity contribution in [3.63, 3.8) is 0 Å². The Balaban J connectivity index is 2.04. The summed E-state index contributed by atoms with van der Waals surface area (Å²) < 4.78 is 1.71. The molecular weight excluding hydrogens is 280 g/mol. The Hall–Kier alpha value is -2.63. The molecule has 0 spiro atoms. The van der Waals surface area contributed by atoms with Crippen molar-refractivity contribution in [3.05, 3.63) is 47.8 Å². The molecule has 1 heterocycles. The summed E-state index contributed by atoms with van der Waals surface area (Å²) in [6.45, 7) is 4.62. The van der Waals surface area contributed by atoms with Crippen LogP contribution >= 0.6 is 0 Å². The molecule has 2 rings (SSSR count). The van der Waals surface area contributed by atoms with Crippen molar-refractivity contribution in [1.82, 2.24) is 20.4 Å². The highest BCUT2D eigenvalue weighted by molar-refractivity contribution is 5.94. The van der Waals surface area contributed by atoms with Crippen LogP contribution in [0.15, 0.2) is 36.7 Å². The zero-order valence-electron chi connectivity index (χ0n) is 12.8. The number of carbonyl (C=O) groups excluding carboxylic acids is 2. The van der Waals surface area contributed by atoms with E-state index in [0.29, 0.717) is 18.7 Å². The van der Waals surface area contributed by atoms with Crippen LogP contribution in [0, 0.1) is 0 Å². The van der Waals surface area contributed by atoms with Gasteiger partial charge >= 0.3 is 0 Å². The third-order valence-electron chi connectivity index (χ3n) is 3.11. The summed E-state index contributed by atoms with van der Waals surface area (Å²) in [5.41, 5.74) is 2.41. The first-order valence-electron chi connectivity index (χ1n) is 7.26. The highest BCUT2D eigenvalue weighted by Crippen LogP contribution is 2.10. The fraction of sp³-hybridized carbons (Fsp3) is 0.312. The van der Waals surface area contributed by atoms with E-state index in [0.717, 1.165) is 17.7 Å². The molecule has 116 valence electrons. The molecule has 1 aromatic carbocycles. The molecule has 2 amide bonds. The zero-order valence-corrected chi connectivity index (χ0v) is 12.8. The lowest BCUT2D eigenvalue weighted by Gasteiger charge is -2.05. The summed E-state index contributed by atoms with van der Waals surface area (Å²) in [7, 11) is 0. The Bertz CT molecular complexity index is 646. The second-order valence-electron chi connectivity index (χ2n) is 5.01. The van der Waals surface area contributed by atoms with E-state index >= 15 is 0 Å². The van der Waals surface area contributed by atoms with Gasteiger partial charge in [-0.05, 0) is 30.7 Å². The zero-order chi connectivity index (χ0) is 15.9. The standard InChI is InChI=1S/C16H20N4O2/c1-3-8-17-16(22)14-4-6-15(7-5-14)20-11-13(10-19-20)9-18-12(2)21/h4-7,10-11H,3,8-9H2,1-2H3,(H,17,22)(H,18,21). The highest BCUT2D eigenvalue weighted by Gasteiger charge is 2.06. The van der Waals surface area contributed by atoms with Gasteiger partial charge in [0.1, 0.15) is 0 Å². The Labute approximate surface area is 129 Å². The van der Waals surface area contributed by atoms with E-state index in [1.807, 2.05) is 25.3 Å². The quantitative estimate of drug-likeness (QED) is 0.851. The average Bonchev–Trinajstić information content (AvgIpc) is 2.99. The minimum Gasteiger partial charge on any atom is -0.352 e. The van der Waals surface area contributed by atoms with Crippen molar-refractivity contribution in [3.8, 4) is 5.69 Å². The van der Waals surface area contributed by atoms with Gasteiger partial charge in [-0.15, -0.1) is 0 Å². The Morgan fingerprint density at radius 3 is 2.55 bits per heavy atom. The van der Waals surface area contributed by atoms with Gasteiger partial charge < -0.3 is 10.6 Å². The lowest BCUT2D eigenvalue weighted by molar-refractivity contribution is -0.119. The maximum Gasteiger partial charge on any atom is 0.251 e. The molecule has 0 bridgehead atoms. The predicted molar refractivity (Wildman–Crippen MR) is 83.7 cm³/mol. The Morgan fingerprint density at radius 1 is 1.18 bits per heavy atom. The molecular formula is C16H20N4O2. The molecule has 0 saturated heterocycles. The molecule has 0 fully saturated rings. The van der Waals surface area contributed by atoms with E-state index in [2.05, 4.69) is 15.7 Å². The summed E-state index contributed by atoms with van der Waals surface area (Å²) >= 11 is 0. The van der Waals surface area contributed by atoms with Gasteiger partial charge in [0, 0.05) is 37.3 Å². The van der Waals surface area contributed by atoms with Gasteiger partial charge in [0.25, 0.3) is 5.91 Å². The normalized spacial score (nSPS) is 10.3. The van der Waals surface area contributed by atoms with Crippen LogP contribution in [0.1, 0.15) is 36.2 Å². The average molecular weight is 300 g/mol. The molecule has 0 radical (unpaired) electrons. The molecule has 22 heavy (non-hydrogen) atoms. The third-order valence-corrected chi connectivity index (χ3v) is 3.11. The van der Waals surface area contributed by atoms with Crippen LogP contribution in [0.3, 0.4) is 0 Å². The van der Waals surface area contributed by atoms with Crippen LogP contribution in [0.5, 0.6) is 0 Å². The number of nitrogens with zero attached hydrogens (tertiary/aromatic N) is 2. The van der Waals surface area contributed by atoms with Crippen LogP contribution in [0.4, 0.5) is 0 Å². The number of amides is 2. The van der Waals surface area contributed by atoms with E-state index in [9.17, 15) is 9.59 Å². The molecule has 0 aliphatic rings. The van der Waals surface area contributed by atoms with E-state index in [1.54, 1.807) is 23.0 Å². The predicted octanol–water partition coefficient (Wildman–Crippen LogP) is 1.65. The van der Waals surface area contributed by atoms with E-state index in [-0.39, 0.29) is 11.8 Å². The smallest absolute Gasteiger partial charge is 0.251 e. The monoisotopic (exact) mass is 300 g/mol. The van der Waals surface area contributed by atoms with Crippen molar-refractivity contribution in [2.75, 3.05) is 6.54 Å². The van der Waals surface area contributed by atoms with Gasteiger partial charge in [-0.1, -0.05) is 6.92 Å². The number of carbonyl (C=O) groups is 2. The largest absolute Gasteiger partial charge is 0.352 e. The van der Waals surface area contributed by atoms with Crippen LogP contribution in [0.2, 0.25) is 0 Å². The van der Waals surface area contributed by atoms with Crippen molar-refractivity contribution in [2.24, 2.45) is 0 Å². The Kier molecular flexibility index (Phi) is 5.30. The maximum atomic E-state index is 11.8. The van der Waals surface area contributed by atoms with Crippen LogP contribution in [-0.4, -0.2) is 28.1 Å². The molecule has 0 aliphatic carbocycles. The first-order chi connectivity index (χ1) is 10.6. The first kappa shape index (κ1) is 15.8. The van der Waals surface area contributed by atoms with Gasteiger partial charge in [0.15, 0.2) is 0 Å². The second kappa shape index (κ2) is 7.40. The molecule has 1 aromatic heterocycles. The Morgan fingerprint density at radius 2 is 1.91 bits per heavy atom. The fourth-order valence-corrected chi connectivity index (χ4v) is 1.93. The minimum atomic E-state index is -0.0739. The van der Waals surface area contributed by atoms with Crippen LogP contribution in [0.25, 0.3) is 5.69 Å². The third kappa shape index (κ3) is 4.18. The molecule has 2 aromatic rings. The molecule has 6 heteroatoms. The van der Waals surface area contributed by atoms with E-state index in [4.69, 9.17) is 0 Å². The summed E-state index contributed by atoms with van der Waals surface area (Å²) in [6, 6.07) is 7.23. The maximum absolute atomic E-state index is 11.8. The summed E-state index contributed by atoms with van der Waals surface area (Å²) in [5.74, 6) is -0.143. The summed E-state index contributed by atoms with van der Waals surface area (Å²) in [4.78, 5) is 22.7. The van der Waals surface area contributed by atoms with Gasteiger partial charge in [0.05, 0.1) is 11.9 Å². The fourth-order valence-electron chi connectivity index (χ4n) is 1.93. The summed E-state index contributed by atoms with van der Waals surface area (Å²) in [5, 5.41) is 9.82. The number of benzene rings is 1. The topological polar surface area (TPSA) is 76.0 Å². The molecule has 0 aliphatic heterocycles. The van der Waals surface area contributed by atoms with Gasteiger partial charge in [-0.2, -0.15) is 5.10 Å². The number of rotatable bonds is 6. The summed E-state index contributed by atoms with van der Waals surface area (Å²) in [6.07, 6.45) is 4.47. The van der Waals surface area contributed by atoms with Gasteiger partial charge in [0.2, 0.25) is 5.91 Å². The lowest BCUT2D eigenvalue weighted by Crippen LogP contribution is -2.23. The number of nitrogens with one attached hydrogen (secondary N) is 2. The van der Waals surface area contributed by atoms with Crippen molar-refractivity contribution < 1.29 is 9.59 Å². The molecule has 0 saturated carbocycles. The van der Waals surface area contributed by atoms with Crippen molar-refractivity contribution in [1.29, 1.82) is 0 Å². The molecule has 0 atom stereocenters. The van der Waals surface area contributed by atoms with Crippen molar-refractivity contribution in [2.45, 2.75) is 26.8 Å². The minimum absolute atomic E-state index is 0.0692. The molecule has 6 nitrogen and oxygen atoms in total. The van der Waals surface area contributed by atoms with Crippen LogP contribution < -0.4 is 10.6 Å². The SMILES string of the molecule is CCCNC(=O)c1ccc(-n2cc(CNC(C)=O)cn2)cc1. The lowest BCUT2D eigenvalue weighted by atomic mass is 10.2. The molecule has 0 unspecified atom stereocenters. The van der Waals surface area contributed by atoms with Crippen molar-refractivity contribution >= 4 is 11.8 Å². The number of hydrogen-bond acceptors (Lipinski definition) is 3. The van der Waals surface area contributed by atoms with E-state index in [1.165, 1.54) is 6.92 Å². The number of aromatic nitrogens is 2. The second-order valence-corrected chi connectivity index (χ2v) is 5.01. The van der Waals surface area contributed by atoms with Gasteiger partial charge in [-0.3, -0.25) is 9.59 Å². The van der Waals surface area contributed by atoms with E-state index < -0.39 is 0 Å².